The SMILES string of the molecule is Cc1ccc(S(=O)(=O)Oc2[nH]c3ccccc3c2-c2ccccc2)cc1. The Morgan fingerprint density at radius 3 is 2.19 bits per heavy atom. The average molecular weight is 363 g/mol. The van der Waals surface area contributed by atoms with Gasteiger partial charge in [0.2, 0.25) is 5.88 Å². The quantitative estimate of drug-likeness (QED) is 0.524. The molecular weight excluding hydrogens is 346 g/mol. The first-order valence-electron chi connectivity index (χ1n) is 8.22. The Balaban J connectivity index is 1.85. The van der Waals surface area contributed by atoms with Crippen molar-refractivity contribution in [3.05, 3.63) is 84.4 Å². The van der Waals surface area contributed by atoms with Crippen LogP contribution in [0.3, 0.4) is 0 Å². The van der Waals surface area contributed by atoms with Gasteiger partial charge in [0.15, 0.2) is 0 Å². The Labute approximate surface area is 152 Å². The Morgan fingerprint density at radius 2 is 1.46 bits per heavy atom. The summed E-state index contributed by atoms with van der Waals surface area (Å²) in [6.45, 7) is 1.91. The number of H-pyrrole nitrogens is 1. The zero-order chi connectivity index (χ0) is 18.1. The minimum absolute atomic E-state index is 0.126. The van der Waals surface area contributed by atoms with E-state index in [0.717, 1.165) is 27.6 Å². The Morgan fingerprint density at radius 1 is 0.808 bits per heavy atom. The molecule has 0 bridgehead atoms. The monoisotopic (exact) mass is 363 g/mol. The maximum atomic E-state index is 12.7. The molecule has 0 aliphatic carbocycles. The molecule has 0 unspecified atom stereocenters. The molecule has 4 nitrogen and oxygen atoms in total. The fourth-order valence-electron chi connectivity index (χ4n) is 2.93. The molecule has 0 fully saturated rings. The van der Waals surface area contributed by atoms with Crippen LogP contribution in [0.2, 0.25) is 0 Å². The third-order valence-corrected chi connectivity index (χ3v) is 5.47. The van der Waals surface area contributed by atoms with Crippen LogP contribution in [0.4, 0.5) is 0 Å². The topological polar surface area (TPSA) is 59.2 Å². The van der Waals surface area contributed by atoms with E-state index in [2.05, 4.69) is 4.98 Å². The maximum Gasteiger partial charge on any atom is 0.340 e. The molecule has 0 saturated carbocycles. The summed E-state index contributed by atoms with van der Waals surface area (Å²) in [6.07, 6.45) is 0. The number of aromatic amines is 1. The Hall–Kier alpha value is -3.05. The van der Waals surface area contributed by atoms with Crippen LogP contribution in [0.25, 0.3) is 22.0 Å². The van der Waals surface area contributed by atoms with Crippen molar-refractivity contribution in [3.8, 4) is 17.0 Å². The molecule has 1 aromatic heterocycles. The van der Waals surface area contributed by atoms with Crippen LogP contribution in [0.5, 0.6) is 5.88 Å². The van der Waals surface area contributed by atoms with Crippen LogP contribution < -0.4 is 4.18 Å². The number of para-hydroxylation sites is 1. The molecule has 0 spiro atoms. The van der Waals surface area contributed by atoms with Crippen molar-refractivity contribution in [1.29, 1.82) is 0 Å². The molecule has 0 amide bonds. The summed E-state index contributed by atoms with van der Waals surface area (Å²) >= 11 is 0. The lowest BCUT2D eigenvalue weighted by atomic mass is 10.0. The lowest BCUT2D eigenvalue weighted by Gasteiger charge is -2.08. The van der Waals surface area contributed by atoms with Gasteiger partial charge in [-0.2, -0.15) is 8.42 Å². The normalized spacial score (nSPS) is 11.6. The summed E-state index contributed by atoms with van der Waals surface area (Å²) < 4.78 is 31.0. The van der Waals surface area contributed by atoms with Gasteiger partial charge in [-0.05, 0) is 30.7 Å². The van der Waals surface area contributed by atoms with Crippen LogP contribution in [0.15, 0.2) is 83.8 Å². The zero-order valence-electron chi connectivity index (χ0n) is 14.1. The standard InChI is InChI=1S/C21H17NO3S/c1-15-11-13-17(14-12-15)26(23,24)25-21-20(16-7-3-2-4-8-16)18-9-5-6-10-19(18)22-21/h2-14,22H,1H3. The lowest BCUT2D eigenvalue weighted by molar-refractivity contribution is 0.479. The van der Waals surface area contributed by atoms with Crippen LogP contribution in [0, 0.1) is 6.92 Å². The minimum Gasteiger partial charge on any atom is -0.360 e. The molecule has 5 heteroatoms. The molecular formula is C21H17NO3S. The number of aromatic nitrogens is 1. The minimum atomic E-state index is -3.94. The largest absolute Gasteiger partial charge is 0.360 e. The van der Waals surface area contributed by atoms with Gasteiger partial charge in [-0.3, -0.25) is 0 Å². The summed E-state index contributed by atoms with van der Waals surface area (Å²) in [7, 11) is -3.94. The van der Waals surface area contributed by atoms with E-state index < -0.39 is 10.1 Å². The number of fused-ring (bicyclic) bond motifs is 1. The number of hydrogen-bond acceptors (Lipinski definition) is 3. The van der Waals surface area contributed by atoms with Gasteiger partial charge in [0.25, 0.3) is 0 Å². The fourth-order valence-corrected chi connectivity index (χ4v) is 3.84. The summed E-state index contributed by atoms with van der Waals surface area (Å²) in [5.74, 6) is 0.220. The first kappa shape index (κ1) is 16.4. The highest BCUT2D eigenvalue weighted by Crippen LogP contribution is 2.38. The van der Waals surface area contributed by atoms with E-state index in [1.54, 1.807) is 24.3 Å². The number of rotatable bonds is 4. The van der Waals surface area contributed by atoms with E-state index in [1.165, 1.54) is 0 Å². The summed E-state index contributed by atoms with van der Waals surface area (Å²) in [5, 5.41) is 0.910. The van der Waals surface area contributed by atoms with Gasteiger partial charge in [-0.15, -0.1) is 0 Å². The number of aryl methyl sites for hydroxylation is 1. The summed E-state index contributed by atoms with van der Waals surface area (Å²) in [6, 6.07) is 23.9. The third kappa shape index (κ3) is 2.97. The van der Waals surface area contributed by atoms with Crippen LogP contribution in [0.1, 0.15) is 5.56 Å². The van der Waals surface area contributed by atoms with Gasteiger partial charge in [0, 0.05) is 10.9 Å². The molecule has 3 aromatic carbocycles. The van der Waals surface area contributed by atoms with E-state index in [0.29, 0.717) is 0 Å². The Bertz CT molecular complexity index is 1160. The van der Waals surface area contributed by atoms with Crippen molar-refractivity contribution in [1.82, 2.24) is 4.98 Å². The first-order chi connectivity index (χ1) is 12.5. The lowest BCUT2D eigenvalue weighted by Crippen LogP contribution is -2.10. The molecule has 0 atom stereocenters. The van der Waals surface area contributed by atoms with E-state index in [1.807, 2.05) is 61.5 Å². The van der Waals surface area contributed by atoms with Crippen molar-refractivity contribution in [2.24, 2.45) is 0 Å². The van der Waals surface area contributed by atoms with Gasteiger partial charge < -0.3 is 9.17 Å². The molecule has 1 heterocycles. The van der Waals surface area contributed by atoms with Crippen molar-refractivity contribution in [3.63, 3.8) is 0 Å². The fraction of sp³-hybridized carbons (Fsp3) is 0.0476. The van der Waals surface area contributed by atoms with Crippen molar-refractivity contribution < 1.29 is 12.6 Å². The summed E-state index contributed by atoms with van der Waals surface area (Å²) in [4.78, 5) is 3.22. The van der Waals surface area contributed by atoms with Crippen molar-refractivity contribution in [2.45, 2.75) is 11.8 Å². The van der Waals surface area contributed by atoms with Crippen molar-refractivity contribution >= 4 is 21.0 Å². The predicted molar refractivity (Wildman–Crippen MR) is 103 cm³/mol. The number of nitrogens with one attached hydrogen (secondary N) is 1. The maximum absolute atomic E-state index is 12.7. The van der Waals surface area contributed by atoms with E-state index in [-0.39, 0.29) is 10.8 Å². The molecule has 130 valence electrons. The van der Waals surface area contributed by atoms with Crippen LogP contribution in [-0.4, -0.2) is 13.4 Å². The molecule has 0 saturated heterocycles. The first-order valence-corrected chi connectivity index (χ1v) is 9.63. The molecule has 4 aromatic rings. The second kappa shape index (κ2) is 6.35. The second-order valence-electron chi connectivity index (χ2n) is 6.09. The molecule has 0 radical (unpaired) electrons. The Kier molecular flexibility index (Phi) is 4.01. The van der Waals surface area contributed by atoms with Gasteiger partial charge in [-0.1, -0.05) is 66.2 Å². The molecule has 4 rings (SSSR count). The van der Waals surface area contributed by atoms with Gasteiger partial charge in [0.05, 0.1) is 5.56 Å². The highest BCUT2D eigenvalue weighted by molar-refractivity contribution is 7.87. The average Bonchev–Trinajstić information content (AvgIpc) is 3.00. The molecule has 26 heavy (non-hydrogen) atoms. The molecule has 0 aliphatic rings. The third-order valence-electron chi connectivity index (χ3n) is 4.24. The van der Waals surface area contributed by atoms with E-state index in [4.69, 9.17) is 4.18 Å². The zero-order valence-corrected chi connectivity index (χ0v) is 15.0. The number of hydrogen-bond donors (Lipinski definition) is 1. The highest BCUT2D eigenvalue weighted by Gasteiger charge is 2.22. The second-order valence-corrected chi connectivity index (χ2v) is 7.64. The molecule has 1 N–H and O–H groups in total. The van der Waals surface area contributed by atoms with E-state index >= 15 is 0 Å². The summed E-state index contributed by atoms with van der Waals surface area (Å²) in [5.41, 5.74) is 3.43. The highest BCUT2D eigenvalue weighted by atomic mass is 32.2. The smallest absolute Gasteiger partial charge is 0.340 e. The predicted octanol–water partition coefficient (Wildman–Crippen LogP) is 4.91. The van der Waals surface area contributed by atoms with Gasteiger partial charge >= 0.3 is 10.1 Å². The number of benzene rings is 3. The van der Waals surface area contributed by atoms with E-state index in [9.17, 15) is 8.42 Å². The van der Waals surface area contributed by atoms with Gasteiger partial charge in [0.1, 0.15) is 4.90 Å². The van der Waals surface area contributed by atoms with Gasteiger partial charge in [-0.25, -0.2) is 0 Å². The van der Waals surface area contributed by atoms with Crippen LogP contribution in [-0.2, 0) is 10.1 Å². The van der Waals surface area contributed by atoms with Crippen LogP contribution >= 0.6 is 0 Å². The molecule has 0 aliphatic heterocycles. The van der Waals surface area contributed by atoms with Crippen molar-refractivity contribution in [2.75, 3.05) is 0 Å².